The molecule has 2 heteroatoms. The van der Waals surface area contributed by atoms with Gasteiger partial charge < -0.3 is 0 Å². The topological polar surface area (TPSA) is 25.8 Å². The van der Waals surface area contributed by atoms with Gasteiger partial charge in [-0.25, -0.2) is 9.97 Å². The van der Waals surface area contributed by atoms with Crippen molar-refractivity contribution >= 4 is 0 Å². The fraction of sp³-hybridized carbons (Fsp3) is 0.688. The number of hydrogen-bond acceptors (Lipinski definition) is 2. The summed E-state index contributed by atoms with van der Waals surface area (Å²) in [6.07, 6.45) is 28.7. The van der Waals surface area contributed by atoms with Crippen molar-refractivity contribution < 1.29 is 0 Å². The second kappa shape index (κ2) is 16.1. The van der Waals surface area contributed by atoms with Gasteiger partial charge in [0.05, 0.1) is 0 Å². The Morgan fingerprint density at radius 2 is 1.15 bits per heavy atom. The lowest BCUT2D eigenvalue weighted by Gasteiger charge is -2.28. The lowest BCUT2D eigenvalue weighted by molar-refractivity contribution is 0.249. The normalized spacial score (nSPS) is 18.3. The second-order valence-corrected chi connectivity index (χ2v) is 10.9. The Balaban J connectivity index is 1.34. The summed E-state index contributed by atoms with van der Waals surface area (Å²) in [5, 5.41) is 0. The minimum absolute atomic E-state index is 0.858. The van der Waals surface area contributed by atoms with Crippen molar-refractivity contribution in [1.29, 1.82) is 0 Å². The van der Waals surface area contributed by atoms with E-state index in [-0.39, 0.29) is 0 Å². The van der Waals surface area contributed by atoms with Crippen molar-refractivity contribution in [2.45, 2.75) is 129 Å². The highest BCUT2D eigenvalue weighted by atomic mass is 14.9. The van der Waals surface area contributed by atoms with E-state index in [1.807, 2.05) is 12.4 Å². The fourth-order valence-electron chi connectivity index (χ4n) is 5.60. The monoisotopic (exact) mass is 462 g/mol. The van der Waals surface area contributed by atoms with Crippen LogP contribution < -0.4 is 0 Å². The van der Waals surface area contributed by atoms with E-state index in [0.29, 0.717) is 0 Å². The van der Waals surface area contributed by atoms with Gasteiger partial charge in [-0.05, 0) is 48.6 Å². The average molecular weight is 463 g/mol. The largest absolute Gasteiger partial charge is 0.236 e. The second-order valence-electron chi connectivity index (χ2n) is 10.9. The molecule has 0 unspecified atom stereocenters. The summed E-state index contributed by atoms with van der Waals surface area (Å²) in [5.74, 6) is 2.81. The number of rotatable bonds is 16. The molecule has 1 heterocycles. The van der Waals surface area contributed by atoms with Gasteiger partial charge in [0.15, 0.2) is 5.82 Å². The average Bonchev–Trinajstić information content (AvgIpc) is 2.88. The van der Waals surface area contributed by atoms with Gasteiger partial charge in [-0.1, -0.05) is 128 Å². The van der Waals surface area contributed by atoms with Gasteiger partial charge in [0.2, 0.25) is 0 Å². The van der Waals surface area contributed by atoms with Crippen molar-refractivity contribution in [3.8, 4) is 11.4 Å². The molecule has 1 aromatic carbocycles. The maximum atomic E-state index is 4.66. The Hall–Kier alpha value is -1.70. The van der Waals surface area contributed by atoms with Crippen molar-refractivity contribution in [2.75, 3.05) is 0 Å². The van der Waals surface area contributed by atoms with Gasteiger partial charge in [0, 0.05) is 18.0 Å². The number of aromatic nitrogens is 2. The fourth-order valence-corrected chi connectivity index (χ4v) is 5.60. The maximum absolute atomic E-state index is 4.66. The Morgan fingerprint density at radius 3 is 1.79 bits per heavy atom. The first-order valence-corrected chi connectivity index (χ1v) is 14.7. The first kappa shape index (κ1) is 26.9. The highest BCUT2D eigenvalue weighted by Crippen LogP contribution is 2.34. The van der Waals surface area contributed by atoms with E-state index in [2.05, 4.69) is 48.1 Å². The summed E-state index contributed by atoms with van der Waals surface area (Å²) < 4.78 is 0. The van der Waals surface area contributed by atoms with E-state index in [4.69, 9.17) is 0 Å². The van der Waals surface area contributed by atoms with Crippen molar-refractivity contribution in [1.82, 2.24) is 9.97 Å². The van der Waals surface area contributed by atoms with E-state index in [0.717, 1.165) is 29.6 Å². The lowest BCUT2D eigenvalue weighted by Crippen LogP contribution is -2.15. The highest BCUT2D eigenvalue weighted by molar-refractivity contribution is 5.55. The summed E-state index contributed by atoms with van der Waals surface area (Å²) in [7, 11) is 0. The molecule has 1 fully saturated rings. The van der Waals surface area contributed by atoms with Crippen LogP contribution in [0.25, 0.3) is 11.4 Å². The molecular formula is C32H50N2. The summed E-state index contributed by atoms with van der Waals surface area (Å²) in [6, 6.07) is 9.01. The quantitative estimate of drug-likeness (QED) is 0.232. The molecular weight excluding hydrogens is 412 g/mol. The van der Waals surface area contributed by atoms with Crippen molar-refractivity contribution in [3.05, 3.63) is 47.8 Å². The molecule has 1 aliphatic rings. The van der Waals surface area contributed by atoms with Gasteiger partial charge in [-0.15, -0.1) is 0 Å². The van der Waals surface area contributed by atoms with Crippen LogP contribution in [-0.2, 0) is 12.8 Å². The third kappa shape index (κ3) is 9.88. The molecule has 0 atom stereocenters. The molecule has 1 aliphatic carbocycles. The molecule has 0 spiro atoms. The van der Waals surface area contributed by atoms with Crippen LogP contribution in [-0.4, -0.2) is 9.97 Å². The molecule has 188 valence electrons. The van der Waals surface area contributed by atoms with E-state index in [1.165, 1.54) is 120 Å². The van der Waals surface area contributed by atoms with Crippen LogP contribution in [0.2, 0.25) is 0 Å². The summed E-state index contributed by atoms with van der Waals surface area (Å²) in [5.41, 5.74) is 3.87. The van der Waals surface area contributed by atoms with Gasteiger partial charge in [-0.3, -0.25) is 0 Å². The molecule has 1 saturated carbocycles. The summed E-state index contributed by atoms with van der Waals surface area (Å²) >= 11 is 0. The maximum Gasteiger partial charge on any atom is 0.159 e. The van der Waals surface area contributed by atoms with Crippen LogP contribution in [0.5, 0.6) is 0 Å². The molecule has 3 rings (SSSR count). The van der Waals surface area contributed by atoms with Crippen LogP contribution >= 0.6 is 0 Å². The number of nitrogens with zero attached hydrogens (tertiary/aromatic N) is 2. The Morgan fingerprint density at radius 1 is 0.588 bits per heavy atom. The molecule has 0 saturated heterocycles. The van der Waals surface area contributed by atoms with E-state index in [1.54, 1.807) is 0 Å². The standard InChI is InChI=1S/C32H50N2/c1-3-5-7-8-9-10-12-14-30-25-33-32(34-26-30)31-23-21-29(22-24-31)20-19-28-17-15-27(16-18-28)13-11-6-4-2/h21-28H,3-20H2,1-2H3. The number of benzene rings is 1. The van der Waals surface area contributed by atoms with E-state index in [9.17, 15) is 0 Å². The third-order valence-corrected chi connectivity index (χ3v) is 8.01. The Labute approximate surface area is 210 Å². The van der Waals surface area contributed by atoms with Gasteiger partial charge in [0.1, 0.15) is 0 Å². The molecule has 0 N–H and O–H groups in total. The zero-order valence-corrected chi connectivity index (χ0v) is 22.2. The van der Waals surface area contributed by atoms with Gasteiger partial charge >= 0.3 is 0 Å². The van der Waals surface area contributed by atoms with Gasteiger partial charge in [0.25, 0.3) is 0 Å². The van der Waals surface area contributed by atoms with Crippen molar-refractivity contribution in [3.63, 3.8) is 0 Å². The molecule has 0 amide bonds. The molecule has 0 aliphatic heterocycles. The molecule has 2 aromatic rings. The number of unbranched alkanes of at least 4 members (excludes halogenated alkanes) is 8. The smallest absolute Gasteiger partial charge is 0.159 e. The lowest BCUT2D eigenvalue weighted by atomic mass is 9.78. The zero-order valence-electron chi connectivity index (χ0n) is 22.2. The summed E-state index contributed by atoms with van der Waals surface area (Å²) in [6.45, 7) is 4.59. The van der Waals surface area contributed by atoms with E-state index < -0.39 is 0 Å². The van der Waals surface area contributed by atoms with Crippen LogP contribution in [0.15, 0.2) is 36.7 Å². The number of hydrogen-bond donors (Lipinski definition) is 0. The SMILES string of the molecule is CCCCCCCCCc1cnc(-c2ccc(CCC3CCC(CCCCC)CC3)cc2)nc1. The van der Waals surface area contributed by atoms with Crippen LogP contribution in [0.4, 0.5) is 0 Å². The van der Waals surface area contributed by atoms with Crippen LogP contribution in [0, 0.1) is 11.8 Å². The van der Waals surface area contributed by atoms with Crippen LogP contribution in [0.1, 0.15) is 128 Å². The predicted molar refractivity (Wildman–Crippen MR) is 147 cm³/mol. The minimum atomic E-state index is 0.858. The summed E-state index contributed by atoms with van der Waals surface area (Å²) in [4.78, 5) is 9.32. The van der Waals surface area contributed by atoms with Crippen molar-refractivity contribution in [2.24, 2.45) is 11.8 Å². The Kier molecular flexibility index (Phi) is 12.7. The first-order valence-electron chi connectivity index (χ1n) is 14.7. The molecule has 34 heavy (non-hydrogen) atoms. The molecule has 1 aromatic heterocycles. The number of aryl methyl sites for hydroxylation is 2. The predicted octanol–water partition coefficient (Wildman–Crippen LogP) is 9.76. The van der Waals surface area contributed by atoms with E-state index >= 15 is 0 Å². The third-order valence-electron chi connectivity index (χ3n) is 8.01. The van der Waals surface area contributed by atoms with Gasteiger partial charge in [-0.2, -0.15) is 0 Å². The molecule has 0 bridgehead atoms. The van der Waals surface area contributed by atoms with Crippen LogP contribution in [0.3, 0.4) is 0 Å². The zero-order chi connectivity index (χ0) is 23.8. The molecule has 0 radical (unpaired) electrons. The minimum Gasteiger partial charge on any atom is -0.236 e. The molecule has 2 nitrogen and oxygen atoms in total. The Bertz CT molecular complexity index is 757. The highest BCUT2D eigenvalue weighted by Gasteiger charge is 2.20. The first-order chi connectivity index (χ1) is 16.8.